The fraction of sp³-hybridized carbons (Fsp3) is 0.750. The number of nitrogens with zero attached hydrogens (tertiary/aromatic N) is 3. The number of alkyl halides is 3. The Labute approximate surface area is 200 Å². The highest BCUT2D eigenvalue weighted by molar-refractivity contribution is 6.32. The van der Waals surface area contributed by atoms with Gasteiger partial charge in [-0.25, -0.2) is 0 Å². The molecule has 33 heavy (non-hydrogen) atoms. The standard InChI is InChI=1S/C24H36ClF3N4O/c1-2-22(21-9-6-12-29-21)32-16-30(14-18-7-4-3-5-8-18)15-31(17-32)19-10-11-23(20(25)13-19)33-24(26,27)28/h10-11,13,18,21-22,29H,2-9,12,14-17H2,1H3. The summed E-state index contributed by atoms with van der Waals surface area (Å²) in [5.41, 5.74) is 0.821. The lowest BCUT2D eigenvalue weighted by atomic mass is 9.89. The Morgan fingerprint density at radius 3 is 2.52 bits per heavy atom. The van der Waals surface area contributed by atoms with Crippen LogP contribution in [0.25, 0.3) is 0 Å². The number of ether oxygens (including phenoxy) is 1. The number of rotatable bonds is 7. The van der Waals surface area contributed by atoms with E-state index in [0.29, 0.717) is 12.1 Å². The van der Waals surface area contributed by atoms with Gasteiger partial charge in [0.1, 0.15) is 5.75 Å². The number of benzene rings is 1. The fourth-order valence-corrected chi connectivity index (χ4v) is 6.02. The Bertz CT molecular complexity index is 769. The van der Waals surface area contributed by atoms with Gasteiger partial charge < -0.3 is 15.0 Å². The first-order valence-electron chi connectivity index (χ1n) is 12.3. The van der Waals surface area contributed by atoms with Crippen LogP contribution in [0.4, 0.5) is 18.9 Å². The minimum absolute atomic E-state index is 0.0229. The van der Waals surface area contributed by atoms with Gasteiger partial charge in [0.05, 0.1) is 25.0 Å². The van der Waals surface area contributed by atoms with Gasteiger partial charge >= 0.3 is 6.36 Å². The first kappa shape index (κ1) is 24.9. The van der Waals surface area contributed by atoms with Crippen LogP contribution in [0.15, 0.2) is 18.2 Å². The molecule has 186 valence electrons. The molecule has 2 heterocycles. The molecule has 1 aliphatic carbocycles. The Hall–Kier alpha value is -1.22. The van der Waals surface area contributed by atoms with E-state index < -0.39 is 6.36 Å². The van der Waals surface area contributed by atoms with E-state index in [1.807, 2.05) is 0 Å². The SMILES string of the molecule is CCC(C1CCCN1)N1CN(CC2CCCCC2)CN(c2ccc(OC(F)(F)F)c(Cl)c2)C1. The van der Waals surface area contributed by atoms with Gasteiger partial charge in [0.15, 0.2) is 0 Å². The molecule has 0 bridgehead atoms. The Morgan fingerprint density at radius 1 is 1.09 bits per heavy atom. The zero-order chi connectivity index (χ0) is 23.4. The molecule has 0 amide bonds. The fourth-order valence-electron chi connectivity index (χ4n) is 5.81. The third-order valence-corrected chi connectivity index (χ3v) is 7.60. The molecule has 0 spiro atoms. The van der Waals surface area contributed by atoms with Crippen LogP contribution in [-0.2, 0) is 0 Å². The normalized spacial score (nSPS) is 24.9. The van der Waals surface area contributed by atoms with E-state index in [9.17, 15) is 13.2 Å². The monoisotopic (exact) mass is 488 g/mol. The van der Waals surface area contributed by atoms with Crippen molar-refractivity contribution in [3.63, 3.8) is 0 Å². The number of hydrogen-bond donors (Lipinski definition) is 1. The molecule has 2 saturated heterocycles. The molecule has 2 unspecified atom stereocenters. The topological polar surface area (TPSA) is 31.0 Å². The lowest BCUT2D eigenvalue weighted by Crippen LogP contribution is -2.61. The Morgan fingerprint density at radius 2 is 1.88 bits per heavy atom. The van der Waals surface area contributed by atoms with E-state index in [-0.39, 0.29) is 10.8 Å². The number of nitrogens with one attached hydrogen (secondary N) is 1. The highest BCUT2D eigenvalue weighted by Crippen LogP contribution is 2.35. The molecule has 1 saturated carbocycles. The molecule has 9 heteroatoms. The van der Waals surface area contributed by atoms with Crippen LogP contribution in [-0.4, -0.2) is 61.3 Å². The molecular weight excluding hydrogens is 453 g/mol. The second-order valence-corrected chi connectivity index (χ2v) is 10.2. The zero-order valence-corrected chi connectivity index (χ0v) is 20.2. The van der Waals surface area contributed by atoms with Crippen molar-refractivity contribution in [2.45, 2.75) is 76.7 Å². The average molecular weight is 489 g/mol. The van der Waals surface area contributed by atoms with Crippen LogP contribution in [0.2, 0.25) is 5.02 Å². The van der Waals surface area contributed by atoms with Crippen molar-refractivity contribution in [1.82, 2.24) is 15.1 Å². The van der Waals surface area contributed by atoms with Crippen molar-refractivity contribution in [2.75, 3.05) is 38.0 Å². The molecule has 3 aliphatic rings. The largest absolute Gasteiger partial charge is 0.573 e. The summed E-state index contributed by atoms with van der Waals surface area (Å²) in [6.07, 6.45) is 5.23. The minimum atomic E-state index is -4.76. The van der Waals surface area contributed by atoms with Crippen LogP contribution in [0.1, 0.15) is 58.3 Å². The lowest BCUT2D eigenvalue weighted by molar-refractivity contribution is -0.274. The average Bonchev–Trinajstić information content (AvgIpc) is 3.30. The Balaban J connectivity index is 1.52. The summed E-state index contributed by atoms with van der Waals surface area (Å²) < 4.78 is 42.1. The van der Waals surface area contributed by atoms with E-state index >= 15 is 0 Å². The van der Waals surface area contributed by atoms with Crippen LogP contribution < -0.4 is 15.0 Å². The predicted octanol–water partition coefficient (Wildman–Crippen LogP) is 5.65. The molecule has 1 aromatic carbocycles. The van der Waals surface area contributed by atoms with Crippen LogP contribution in [0.5, 0.6) is 5.75 Å². The molecular formula is C24H36ClF3N4O. The third kappa shape index (κ3) is 6.68. The van der Waals surface area contributed by atoms with Crippen molar-refractivity contribution < 1.29 is 17.9 Å². The van der Waals surface area contributed by atoms with Gasteiger partial charge in [-0.05, 0) is 62.8 Å². The Kier molecular flexibility index (Phi) is 8.31. The van der Waals surface area contributed by atoms with E-state index in [0.717, 1.165) is 51.1 Å². The number of hydrogen-bond acceptors (Lipinski definition) is 5. The summed E-state index contributed by atoms with van der Waals surface area (Å²) in [7, 11) is 0. The van der Waals surface area contributed by atoms with Crippen molar-refractivity contribution in [3.8, 4) is 5.75 Å². The summed E-state index contributed by atoms with van der Waals surface area (Å²) in [5.74, 6) is 0.360. The van der Waals surface area contributed by atoms with E-state index in [4.69, 9.17) is 11.6 Å². The van der Waals surface area contributed by atoms with Crippen molar-refractivity contribution >= 4 is 17.3 Å². The lowest BCUT2D eigenvalue weighted by Gasteiger charge is -2.48. The first-order chi connectivity index (χ1) is 15.8. The van der Waals surface area contributed by atoms with Gasteiger partial charge in [0, 0.05) is 24.3 Å². The molecule has 5 nitrogen and oxygen atoms in total. The molecule has 1 N–H and O–H groups in total. The summed E-state index contributed by atoms with van der Waals surface area (Å²) in [4.78, 5) is 7.27. The van der Waals surface area contributed by atoms with Crippen LogP contribution >= 0.6 is 11.6 Å². The quantitative estimate of drug-likeness (QED) is 0.536. The highest BCUT2D eigenvalue weighted by Gasteiger charge is 2.35. The zero-order valence-electron chi connectivity index (χ0n) is 19.4. The third-order valence-electron chi connectivity index (χ3n) is 7.30. The first-order valence-corrected chi connectivity index (χ1v) is 12.7. The van der Waals surface area contributed by atoms with Crippen molar-refractivity contribution in [3.05, 3.63) is 23.2 Å². The van der Waals surface area contributed by atoms with Crippen molar-refractivity contribution in [2.24, 2.45) is 5.92 Å². The summed E-state index contributed by atoms with van der Waals surface area (Å²) in [6, 6.07) is 5.51. The van der Waals surface area contributed by atoms with Gasteiger partial charge in [-0.3, -0.25) is 9.80 Å². The summed E-state index contributed by atoms with van der Waals surface area (Å²) >= 11 is 6.19. The van der Waals surface area contributed by atoms with E-state index in [2.05, 4.69) is 31.7 Å². The minimum Gasteiger partial charge on any atom is -0.404 e. The molecule has 3 fully saturated rings. The van der Waals surface area contributed by atoms with Crippen LogP contribution in [0.3, 0.4) is 0 Å². The maximum Gasteiger partial charge on any atom is 0.573 e. The van der Waals surface area contributed by atoms with Gasteiger partial charge in [-0.1, -0.05) is 37.8 Å². The summed E-state index contributed by atoms with van der Waals surface area (Å²) in [6.45, 7) is 6.78. The van der Waals surface area contributed by atoms with E-state index in [1.165, 1.54) is 51.0 Å². The van der Waals surface area contributed by atoms with Crippen molar-refractivity contribution in [1.29, 1.82) is 0 Å². The second-order valence-electron chi connectivity index (χ2n) is 9.75. The van der Waals surface area contributed by atoms with Gasteiger partial charge in [-0.2, -0.15) is 0 Å². The molecule has 4 rings (SSSR count). The van der Waals surface area contributed by atoms with Gasteiger partial charge in [-0.15, -0.1) is 13.2 Å². The summed E-state index contributed by atoms with van der Waals surface area (Å²) in [5, 5.41) is 3.65. The molecule has 2 atom stereocenters. The van der Waals surface area contributed by atoms with E-state index in [1.54, 1.807) is 12.1 Å². The number of anilines is 1. The molecule has 2 aliphatic heterocycles. The maximum absolute atomic E-state index is 12.7. The molecule has 1 aromatic rings. The van der Waals surface area contributed by atoms with Gasteiger partial charge in [0.25, 0.3) is 0 Å². The predicted molar refractivity (Wildman–Crippen MR) is 125 cm³/mol. The molecule has 0 radical (unpaired) electrons. The maximum atomic E-state index is 12.7. The molecule has 0 aromatic heterocycles. The number of halogens is 4. The second kappa shape index (κ2) is 11.0. The highest BCUT2D eigenvalue weighted by atomic mass is 35.5. The van der Waals surface area contributed by atoms with Gasteiger partial charge in [0.2, 0.25) is 0 Å². The van der Waals surface area contributed by atoms with Crippen LogP contribution in [0, 0.1) is 5.92 Å². The smallest absolute Gasteiger partial charge is 0.404 e.